The highest BCUT2D eigenvalue weighted by Gasteiger charge is 2.01. The fraction of sp³-hybridized carbons (Fsp3) is 0.188. The molecule has 0 fully saturated rings. The Morgan fingerprint density at radius 1 is 1.05 bits per heavy atom. The van der Waals surface area contributed by atoms with Crippen molar-refractivity contribution in [2.45, 2.75) is 13.3 Å². The molecule has 0 saturated heterocycles. The van der Waals surface area contributed by atoms with Crippen LogP contribution in [0.1, 0.15) is 24.5 Å². The Bertz CT molecular complexity index is 642. The molecular weight excluding hydrogens is 260 g/mol. The lowest BCUT2D eigenvalue weighted by molar-refractivity contribution is 0.317. The van der Waals surface area contributed by atoms with Crippen molar-refractivity contribution in [3.05, 3.63) is 59.4 Å². The van der Waals surface area contributed by atoms with Gasteiger partial charge in [0.2, 0.25) is 11.9 Å². The predicted octanol–water partition coefficient (Wildman–Crippen LogP) is 3.55. The Hall–Kier alpha value is -2.41. The molecule has 20 heavy (non-hydrogen) atoms. The summed E-state index contributed by atoms with van der Waals surface area (Å²) >= 11 is 0. The molecule has 1 aromatic heterocycles. The number of rotatable bonds is 3. The van der Waals surface area contributed by atoms with Crippen LogP contribution in [0.15, 0.2) is 36.4 Å². The van der Waals surface area contributed by atoms with Crippen LogP contribution in [0.4, 0.5) is 8.78 Å². The van der Waals surface area contributed by atoms with Crippen molar-refractivity contribution in [1.82, 2.24) is 4.98 Å². The Balaban J connectivity index is 2.12. The normalized spacial score (nSPS) is 9.75. The average Bonchev–Trinajstić information content (AvgIpc) is 2.45. The quantitative estimate of drug-likeness (QED) is 0.630. The van der Waals surface area contributed by atoms with E-state index in [1.165, 1.54) is 6.07 Å². The Labute approximate surface area is 116 Å². The molecule has 102 valence electrons. The van der Waals surface area contributed by atoms with E-state index in [1.807, 2.05) is 6.92 Å². The van der Waals surface area contributed by atoms with Crippen LogP contribution < -0.4 is 4.74 Å². The van der Waals surface area contributed by atoms with E-state index in [1.54, 1.807) is 24.3 Å². The molecular formula is C16H13F2NO. The maximum Gasteiger partial charge on any atom is 0.231 e. The van der Waals surface area contributed by atoms with E-state index in [9.17, 15) is 8.78 Å². The molecule has 1 aromatic carbocycles. The third-order valence-corrected chi connectivity index (χ3v) is 2.48. The van der Waals surface area contributed by atoms with Gasteiger partial charge in [0.25, 0.3) is 0 Å². The lowest BCUT2D eigenvalue weighted by Crippen LogP contribution is -1.94. The summed E-state index contributed by atoms with van der Waals surface area (Å²) in [4.78, 5) is 3.08. The zero-order chi connectivity index (χ0) is 14.4. The second-order valence-electron chi connectivity index (χ2n) is 4.10. The molecule has 2 rings (SSSR count). The molecule has 0 spiro atoms. The summed E-state index contributed by atoms with van der Waals surface area (Å²) in [7, 11) is 0. The maximum atomic E-state index is 13.3. The van der Waals surface area contributed by atoms with E-state index < -0.39 is 11.9 Å². The summed E-state index contributed by atoms with van der Waals surface area (Å²) in [5, 5.41) is 0. The van der Waals surface area contributed by atoms with E-state index in [0.29, 0.717) is 6.61 Å². The van der Waals surface area contributed by atoms with Crippen LogP contribution in [0.2, 0.25) is 0 Å². The summed E-state index contributed by atoms with van der Waals surface area (Å²) in [6.45, 7) is 2.70. The van der Waals surface area contributed by atoms with Crippen LogP contribution in [-0.2, 0) is 0 Å². The second kappa shape index (κ2) is 6.67. The molecule has 0 unspecified atom stereocenters. The summed E-state index contributed by atoms with van der Waals surface area (Å²) in [5.74, 6) is 4.43. The molecule has 0 N–H and O–H groups in total. The van der Waals surface area contributed by atoms with Crippen molar-refractivity contribution in [2.24, 2.45) is 0 Å². The van der Waals surface area contributed by atoms with Gasteiger partial charge in [0, 0.05) is 5.56 Å². The predicted molar refractivity (Wildman–Crippen MR) is 72.4 cm³/mol. The van der Waals surface area contributed by atoms with Crippen molar-refractivity contribution >= 4 is 0 Å². The Kier molecular flexibility index (Phi) is 4.67. The molecule has 4 heteroatoms. The van der Waals surface area contributed by atoms with E-state index in [4.69, 9.17) is 4.74 Å². The van der Waals surface area contributed by atoms with Crippen LogP contribution in [0.25, 0.3) is 0 Å². The SMILES string of the molecule is CCCOc1ccc(C#Cc2ccc(F)nc2F)cc1. The minimum Gasteiger partial charge on any atom is -0.494 e. The molecule has 0 saturated carbocycles. The summed E-state index contributed by atoms with van der Waals surface area (Å²) in [5.41, 5.74) is 0.787. The van der Waals surface area contributed by atoms with Crippen LogP contribution in [0.5, 0.6) is 5.75 Å². The average molecular weight is 273 g/mol. The van der Waals surface area contributed by atoms with E-state index >= 15 is 0 Å². The number of hydrogen-bond acceptors (Lipinski definition) is 2. The standard InChI is InChI=1S/C16H13F2NO/c1-2-11-20-14-8-4-12(5-9-14)3-6-13-7-10-15(17)19-16(13)18/h4-5,7-10H,2,11H2,1H3. The summed E-state index contributed by atoms with van der Waals surface area (Å²) in [6.07, 6.45) is 0.943. The third kappa shape index (κ3) is 3.79. The number of halogens is 2. The summed E-state index contributed by atoms with van der Waals surface area (Å²) < 4.78 is 31.4. The maximum absolute atomic E-state index is 13.3. The number of ether oxygens (including phenoxy) is 1. The smallest absolute Gasteiger partial charge is 0.231 e. The number of pyridine rings is 1. The first-order valence-electron chi connectivity index (χ1n) is 6.26. The lowest BCUT2D eigenvalue weighted by atomic mass is 10.2. The van der Waals surface area contributed by atoms with Gasteiger partial charge >= 0.3 is 0 Å². The minimum atomic E-state index is -0.902. The topological polar surface area (TPSA) is 22.1 Å². The lowest BCUT2D eigenvalue weighted by Gasteiger charge is -2.03. The number of aromatic nitrogens is 1. The molecule has 0 aliphatic heterocycles. The van der Waals surface area contributed by atoms with E-state index in [-0.39, 0.29) is 5.56 Å². The van der Waals surface area contributed by atoms with Crippen LogP contribution in [0, 0.1) is 23.7 Å². The molecule has 0 amide bonds. The Morgan fingerprint density at radius 2 is 1.80 bits per heavy atom. The van der Waals surface area contributed by atoms with Gasteiger partial charge in [0.1, 0.15) is 5.75 Å². The number of hydrogen-bond donors (Lipinski definition) is 0. The van der Waals surface area contributed by atoms with Crippen molar-refractivity contribution < 1.29 is 13.5 Å². The van der Waals surface area contributed by atoms with Crippen LogP contribution in [0.3, 0.4) is 0 Å². The Morgan fingerprint density at radius 3 is 2.45 bits per heavy atom. The largest absolute Gasteiger partial charge is 0.494 e. The first-order valence-corrected chi connectivity index (χ1v) is 6.26. The summed E-state index contributed by atoms with van der Waals surface area (Å²) in [6, 6.07) is 9.52. The molecule has 1 heterocycles. The highest BCUT2D eigenvalue weighted by molar-refractivity contribution is 5.43. The molecule has 2 aromatic rings. The second-order valence-corrected chi connectivity index (χ2v) is 4.10. The van der Waals surface area contributed by atoms with Crippen molar-refractivity contribution in [3.8, 4) is 17.6 Å². The fourth-order valence-corrected chi connectivity index (χ4v) is 1.50. The van der Waals surface area contributed by atoms with Gasteiger partial charge < -0.3 is 4.74 Å². The van der Waals surface area contributed by atoms with Gasteiger partial charge in [-0.2, -0.15) is 13.8 Å². The molecule has 0 atom stereocenters. The number of nitrogens with zero attached hydrogens (tertiary/aromatic N) is 1. The third-order valence-electron chi connectivity index (χ3n) is 2.48. The van der Waals surface area contributed by atoms with Crippen molar-refractivity contribution in [2.75, 3.05) is 6.61 Å². The first-order chi connectivity index (χ1) is 9.69. The van der Waals surface area contributed by atoms with Gasteiger partial charge in [-0.05, 0) is 42.8 Å². The van der Waals surface area contributed by atoms with Crippen molar-refractivity contribution in [3.63, 3.8) is 0 Å². The van der Waals surface area contributed by atoms with Gasteiger partial charge in [-0.1, -0.05) is 18.8 Å². The van der Waals surface area contributed by atoms with Crippen molar-refractivity contribution in [1.29, 1.82) is 0 Å². The zero-order valence-electron chi connectivity index (χ0n) is 11.0. The first kappa shape index (κ1) is 14.0. The van der Waals surface area contributed by atoms with Gasteiger partial charge in [0.15, 0.2) is 0 Å². The molecule has 0 aliphatic carbocycles. The van der Waals surface area contributed by atoms with Gasteiger partial charge in [-0.25, -0.2) is 0 Å². The van der Waals surface area contributed by atoms with Gasteiger partial charge in [-0.15, -0.1) is 0 Å². The molecule has 0 aliphatic rings. The van der Waals surface area contributed by atoms with Crippen LogP contribution in [-0.4, -0.2) is 11.6 Å². The molecule has 0 radical (unpaired) electrons. The van der Waals surface area contributed by atoms with E-state index in [0.717, 1.165) is 23.8 Å². The highest BCUT2D eigenvalue weighted by atomic mass is 19.1. The minimum absolute atomic E-state index is 0.0673. The fourth-order valence-electron chi connectivity index (χ4n) is 1.50. The molecule has 0 bridgehead atoms. The number of benzene rings is 1. The zero-order valence-corrected chi connectivity index (χ0v) is 11.0. The molecule has 2 nitrogen and oxygen atoms in total. The van der Waals surface area contributed by atoms with Gasteiger partial charge in [0.05, 0.1) is 12.2 Å². The highest BCUT2D eigenvalue weighted by Crippen LogP contribution is 2.12. The van der Waals surface area contributed by atoms with Gasteiger partial charge in [-0.3, -0.25) is 0 Å². The monoisotopic (exact) mass is 273 g/mol. The van der Waals surface area contributed by atoms with Crippen LogP contribution >= 0.6 is 0 Å². The van der Waals surface area contributed by atoms with E-state index in [2.05, 4.69) is 16.8 Å².